The van der Waals surface area contributed by atoms with Crippen molar-refractivity contribution >= 4 is 24.3 Å². The first-order chi connectivity index (χ1) is 8.07. The molecule has 0 aliphatic rings. The minimum atomic E-state index is -0.964. The lowest BCUT2D eigenvalue weighted by Gasteiger charge is -2.07. The Kier molecular flexibility index (Phi) is 13.7. The predicted octanol–water partition coefficient (Wildman–Crippen LogP) is 1.69. The minimum absolute atomic E-state index is 0. The summed E-state index contributed by atoms with van der Waals surface area (Å²) in [6.45, 7) is 2.71. The highest BCUT2D eigenvalue weighted by Crippen LogP contribution is 2.00. The molecule has 0 spiro atoms. The summed E-state index contributed by atoms with van der Waals surface area (Å²) in [6, 6.07) is -0.782. The predicted molar refractivity (Wildman–Crippen MR) is 73.9 cm³/mol. The lowest BCUT2D eigenvalue weighted by molar-refractivity contribution is -0.138. The molecule has 0 aliphatic carbocycles. The molecular formula is C12H25ClN2O3. The highest BCUT2D eigenvalue weighted by Gasteiger charge is 2.09. The second-order valence-electron chi connectivity index (χ2n) is 4.25. The van der Waals surface area contributed by atoms with Gasteiger partial charge in [-0.15, -0.1) is 12.4 Å². The largest absolute Gasteiger partial charge is 0.480 e. The molecule has 1 atom stereocenters. The van der Waals surface area contributed by atoms with Crippen molar-refractivity contribution in [3.63, 3.8) is 0 Å². The van der Waals surface area contributed by atoms with Crippen LogP contribution in [-0.2, 0) is 9.59 Å². The lowest BCUT2D eigenvalue weighted by atomic mass is 10.1. The molecule has 108 valence electrons. The van der Waals surface area contributed by atoms with Crippen LogP contribution >= 0.6 is 12.4 Å². The van der Waals surface area contributed by atoms with E-state index in [1.54, 1.807) is 0 Å². The molecule has 0 aromatic rings. The van der Waals surface area contributed by atoms with E-state index in [1.165, 1.54) is 0 Å². The Bertz CT molecular complexity index is 237. The maximum Gasteiger partial charge on any atom is 0.320 e. The fourth-order valence-electron chi connectivity index (χ4n) is 1.46. The van der Waals surface area contributed by atoms with Gasteiger partial charge in [-0.25, -0.2) is 0 Å². The van der Waals surface area contributed by atoms with E-state index in [-0.39, 0.29) is 18.3 Å². The highest BCUT2D eigenvalue weighted by molar-refractivity contribution is 5.85. The SMILES string of the molecule is CCCCCC(=O)NCCCC[C@H](N)C(=O)O.Cl. The summed E-state index contributed by atoms with van der Waals surface area (Å²) < 4.78 is 0. The first-order valence-corrected chi connectivity index (χ1v) is 6.33. The highest BCUT2D eigenvalue weighted by atomic mass is 35.5. The molecule has 1 amide bonds. The van der Waals surface area contributed by atoms with Crippen molar-refractivity contribution in [2.24, 2.45) is 5.73 Å². The number of aliphatic carboxylic acids is 1. The summed E-state index contributed by atoms with van der Waals surface area (Å²) in [4.78, 5) is 21.7. The molecule has 0 fully saturated rings. The molecule has 0 rings (SSSR count). The topological polar surface area (TPSA) is 92.4 Å². The Morgan fingerprint density at radius 1 is 1.22 bits per heavy atom. The van der Waals surface area contributed by atoms with E-state index in [2.05, 4.69) is 12.2 Å². The number of carbonyl (C=O) groups excluding carboxylic acids is 1. The minimum Gasteiger partial charge on any atom is -0.480 e. The zero-order valence-electron chi connectivity index (χ0n) is 11.0. The van der Waals surface area contributed by atoms with Crippen LogP contribution in [0.15, 0.2) is 0 Å². The molecule has 0 heterocycles. The number of carbonyl (C=O) groups is 2. The van der Waals surface area contributed by atoms with Crippen molar-refractivity contribution in [3.8, 4) is 0 Å². The number of amides is 1. The van der Waals surface area contributed by atoms with Crippen molar-refractivity contribution in [2.45, 2.75) is 57.9 Å². The standard InChI is InChI=1S/C12H24N2O3.ClH/c1-2-3-4-8-11(15)14-9-6-5-7-10(13)12(16)17;/h10H,2-9,13H2,1H3,(H,14,15)(H,16,17);1H/t10-;/m0./s1. The first-order valence-electron chi connectivity index (χ1n) is 6.33. The third-order valence-corrected chi connectivity index (χ3v) is 2.59. The number of carboxylic acids is 1. The second kappa shape index (κ2) is 12.6. The van der Waals surface area contributed by atoms with Crippen LogP contribution in [0.5, 0.6) is 0 Å². The zero-order valence-corrected chi connectivity index (χ0v) is 11.8. The average molecular weight is 281 g/mol. The van der Waals surface area contributed by atoms with E-state index in [9.17, 15) is 9.59 Å². The summed E-state index contributed by atoms with van der Waals surface area (Å²) >= 11 is 0. The molecule has 0 unspecified atom stereocenters. The van der Waals surface area contributed by atoms with Crippen LogP contribution in [0, 0.1) is 0 Å². The molecule has 0 saturated heterocycles. The van der Waals surface area contributed by atoms with E-state index < -0.39 is 12.0 Å². The number of rotatable bonds is 10. The number of unbranched alkanes of at least 4 members (excludes halogenated alkanes) is 3. The van der Waals surface area contributed by atoms with Gasteiger partial charge in [0, 0.05) is 13.0 Å². The van der Waals surface area contributed by atoms with Crippen LogP contribution in [-0.4, -0.2) is 29.6 Å². The van der Waals surface area contributed by atoms with E-state index in [0.717, 1.165) is 32.1 Å². The van der Waals surface area contributed by atoms with Gasteiger partial charge in [0.15, 0.2) is 0 Å². The number of nitrogens with two attached hydrogens (primary N) is 1. The fraction of sp³-hybridized carbons (Fsp3) is 0.833. The van der Waals surface area contributed by atoms with Crippen LogP contribution in [0.2, 0.25) is 0 Å². The van der Waals surface area contributed by atoms with Gasteiger partial charge in [-0.05, 0) is 25.7 Å². The van der Waals surface area contributed by atoms with Crippen LogP contribution < -0.4 is 11.1 Å². The molecule has 0 aromatic heterocycles. The smallest absolute Gasteiger partial charge is 0.320 e. The Morgan fingerprint density at radius 3 is 2.44 bits per heavy atom. The Hall–Kier alpha value is -0.810. The molecule has 0 saturated carbocycles. The molecule has 4 N–H and O–H groups in total. The monoisotopic (exact) mass is 280 g/mol. The molecule has 6 heteroatoms. The number of hydrogen-bond donors (Lipinski definition) is 3. The Labute approximate surface area is 115 Å². The van der Waals surface area contributed by atoms with E-state index in [1.807, 2.05) is 0 Å². The Morgan fingerprint density at radius 2 is 1.89 bits per heavy atom. The number of hydrogen-bond acceptors (Lipinski definition) is 3. The van der Waals surface area contributed by atoms with Crippen LogP contribution in [0.1, 0.15) is 51.9 Å². The number of halogens is 1. The molecule has 0 aromatic carbocycles. The maximum absolute atomic E-state index is 11.3. The van der Waals surface area contributed by atoms with Crippen LogP contribution in [0.25, 0.3) is 0 Å². The maximum atomic E-state index is 11.3. The lowest BCUT2D eigenvalue weighted by Crippen LogP contribution is -2.30. The van der Waals surface area contributed by atoms with Gasteiger partial charge < -0.3 is 16.2 Å². The van der Waals surface area contributed by atoms with E-state index in [0.29, 0.717) is 19.4 Å². The fourth-order valence-corrected chi connectivity index (χ4v) is 1.46. The van der Waals surface area contributed by atoms with Crippen molar-refractivity contribution in [2.75, 3.05) is 6.54 Å². The van der Waals surface area contributed by atoms with E-state index in [4.69, 9.17) is 10.8 Å². The number of nitrogens with one attached hydrogen (secondary N) is 1. The summed E-state index contributed by atoms with van der Waals surface area (Å²) in [6.07, 6.45) is 5.68. The van der Waals surface area contributed by atoms with Crippen molar-refractivity contribution in [1.82, 2.24) is 5.32 Å². The normalized spacial score (nSPS) is 11.4. The van der Waals surface area contributed by atoms with Gasteiger partial charge >= 0.3 is 5.97 Å². The summed E-state index contributed by atoms with van der Waals surface area (Å²) in [5.41, 5.74) is 5.35. The molecule has 0 radical (unpaired) electrons. The average Bonchev–Trinajstić information content (AvgIpc) is 2.28. The van der Waals surface area contributed by atoms with Gasteiger partial charge in [0.25, 0.3) is 0 Å². The quantitative estimate of drug-likeness (QED) is 0.531. The zero-order chi connectivity index (χ0) is 13.1. The molecule has 0 bridgehead atoms. The van der Waals surface area contributed by atoms with Crippen LogP contribution in [0.4, 0.5) is 0 Å². The summed E-state index contributed by atoms with van der Waals surface area (Å²) in [7, 11) is 0. The molecular weight excluding hydrogens is 256 g/mol. The van der Waals surface area contributed by atoms with Crippen LogP contribution in [0.3, 0.4) is 0 Å². The van der Waals surface area contributed by atoms with Gasteiger partial charge in [0.2, 0.25) is 5.91 Å². The van der Waals surface area contributed by atoms with E-state index >= 15 is 0 Å². The number of carboxylic acid groups (broad SMARTS) is 1. The summed E-state index contributed by atoms with van der Waals surface area (Å²) in [5.74, 6) is -0.880. The molecule has 18 heavy (non-hydrogen) atoms. The second-order valence-corrected chi connectivity index (χ2v) is 4.25. The van der Waals surface area contributed by atoms with Crippen molar-refractivity contribution in [3.05, 3.63) is 0 Å². The third kappa shape index (κ3) is 11.7. The van der Waals surface area contributed by atoms with Gasteiger partial charge in [0.05, 0.1) is 0 Å². The Balaban J connectivity index is 0. The first kappa shape index (κ1) is 19.5. The molecule has 0 aliphatic heterocycles. The van der Waals surface area contributed by atoms with Gasteiger partial charge in [-0.1, -0.05) is 19.8 Å². The third-order valence-electron chi connectivity index (χ3n) is 2.59. The summed E-state index contributed by atoms with van der Waals surface area (Å²) in [5, 5.41) is 11.4. The van der Waals surface area contributed by atoms with Gasteiger partial charge in [-0.3, -0.25) is 9.59 Å². The van der Waals surface area contributed by atoms with Gasteiger partial charge in [-0.2, -0.15) is 0 Å². The van der Waals surface area contributed by atoms with Gasteiger partial charge in [0.1, 0.15) is 6.04 Å². The van der Waals surface area contributed by atoms with Crippen molar-refractivity contribution < 1.29 is 14.7 Å². The molecule has 5 nitrogen and oxygen atoms in total. The van der Waals surface area contributed by atoms with Crippen molar-refractivity contribution in [1.29, 1.82) is 0 Å².